The van der Waals surface area contributed by atoms with Crippen LogP contribution in [0.3, 0.4) is 0 Å². The third-order valence-corrected chi connectivity index (χ3v) is 23.6. The zero-order valence-corrected chi connectivity index (χ0v) is 41.7. The quantitative estimate of drug-likeness (QED) is 0.111. The second-order valence-corrected chi connectivity index (χ2v) is 27.8. The van der Waals surface area contributed by atoms with E-state index in [9.17, 15) is 0 Å². The molecule has 4 heterocycles. The first-order valence-corrected chi connectivity index (χ1v) is 28.9. The molecule has 4 aromatic heterocycles. The number of hydrogen-bond acceptors (Lipinski definition) is 8. The van der Waals surface area contributed by atoms with Gasteiger partial charge in [0.1, 0.15) is 24.0 Å². The minimum absolute atomic E-state index is 0.0268. The number of rotatable bonds is 12. The molecule has 0 aliphatic heterocycles. The lowest BCUT2D eigenvalue weighted by Gasteiger charge is -2.25. The van der Waals surface area contributed by atoms with E-state index in [1.54, 1.807) is 60.7 Å². The molecule has 0 fully saturated rings. The maximum absolute atomic E-state index is 17.2. The van der Waals surface area contributed by atoms with Crippen molar-refractivity contribution in [1.82, 2.24) is 18.5 Å². The summed E-state index contributed by atoms with van der Waals surface area (Å²) in [6.45, 7) is 7.55. The molecular weight excluding hydrogens is 938 g/mol. The van der Waals surface area contributed by atoms with Gasteiger partial charge in [-0.1, -0.05) is 185 Å². The standard InChI is InChI=1S/C55H47N4O6P3S/c1-38(2)67(61,39(3)4)49-36-35-46-50-51-47(68(62,43-29-17-8-18-30-43)44-31-19-9-20-32-44)37-48(66(41-25-13-6-14-26-41)42-27-15-7-16-28-42)56-53(51)59(69(63,64)45-33-21-10-22-34-45)54(50)58(52(46)57-49)55(60)65-40-23-11-5-12-24-40/h5-39H,1-4H3. The molecule has 0 unspecified atom stereocenters. The van der Waals surface area contributed by atoms with E-state index in [1.165, 1.54) is 12.1 Å². The van der Waals surface area contributed by atoms with Crippen LogP contribution < -0.4 is 42.1 Å². The normalized spacial score (nSPS) is 12.4. The monoisotopic (exact) mass is 984 g/mol. The van der Waals surface area contributed by atoms with Gasteiger partial charge in [0.2, 0.25) is 0 Å². The van der Waals surface area contributed by atoms with Crippen LogP contribution in [-0.2, 0) is 19.2 Å². The molecule has 0 spiro atoms. The number of fused-ring (bicyclic) bond motifs is 5. The Morgan fingerprint density at radius 3 is 1.57 bits per heavy atom. The number of benzene rings is 6. The average Bonchev–Trinajstić information content (AvgIpc) is 3.89. The van der Waals surface area contributed by atoms with Crippen LogP contribution in [-0.4, -0.2) is 44.3 Å². The Labute approximate surface area is 402 Å². The fourth-order valence-electron chi connectivity index (χ4n) is 9.26. The van der Waals surface area contributed by atoms with Crippen molar-refractivity contribution in [2.75, 3.05) is 0 Å². The fraction of sp³-hybridized carbons (Fsp3) is 0.109. The lowest BCUT2D eigenvalue weighted by atomic mass is 10.2. The van der Waals surface area contributed by atoms with Crippen LogP contribution in [0.4, 0.5) is 4.79 Å². The van der Waals surface area contributed by atoms with Gasteiger partial charge < -0.3 is 13.9 Å². The number of ether oxygens (including phenoxy) is 1. The predicted molar refractivity (Wildman–Crippen MR) is 283 cm³/mol. The van der Waals surface area contributed by atoms with Crippen molar-refractivity contribution in [2.24, 2.45) is 0 Å². The van der Waals surface area contributed by atoms with E-state index in [4.69, 9.17) is 14.7 Å². The van der Waals surface area contributed by atoms with Gasteiger partial charge >= 0.3 is 6.09 Å². The molecule has 0 atom stereocenters. The number of carbonyl (C=O) groups is 1. The fourth-order valence-corrected chi connectivity index (χ4v) is 18.7. The third-order valence-electron chi connectivity index (χ3n) is 12.5. The van der Waals surface area contributed by atoms with Crippen LogP contribution in [0.5, 0.6) is 5.75 Å². The number of nitrogens with zero attached hydrogens (tertiary/aromatic N) is 4. The molecule has 0 saturated heterocycles. The molecule has 14 heteroatoms. The zero-order valence-electron chi connectivity index (χ0n) is 38.2. The largest absolute Gasteiger partial charge is 0.426 e. The predicted octanol–water partition coefficient (Wildman–Crippen LogP) is 10.0. The molecule has 69 heavy (non-hydrogen) atoms. The first kappa shape index (κ1) is 46.0. The molecule has 0 saturated carbocycles. The van der Waals surface area contributed by atoms with E-state index in [2.05, 4.69) is 0 Å². The van der Waals surface area contributed by atoms with E-state index in [0.29, 0.717) is 26.7 Å². The van der Waals surface area contributed by atoms with Gasteiger partial charge in [-0.3, -0.25) is 0 Å². The van der Waals surface area contributed by atoms with Crippen LogP contribution >= 0.6 is 22.2 Å². The van der Waals surface area contributed by atoms with Crippen LogP contribution in [0.15, 0.2) is 205 Å². The molecule has 10 nitrogen and oxygen atoms in total. The highest BCUT2D eigenvalue weighted by molar-refractivity contribution is 7.90. The van der Waals surface area contributed by atoms with Gasteiger partial charge in [0.05, 0.1) is 10.3 Å². The maximum Gasteiger partial charge on any atom is 0.426 e. The summed E-state index contributed by atoms with van der Waals surface area (Å²) in [5.74, 6) is 0.201. The van der Waals surface area contributed by atoms with Gasteiger partial charge in [-0.2, -0.15) is 3.97 Å². The Balaban J connectivity index is 1.48. The minimum atomic E-state index is -4.69. The Morgan fingerprint density at radius 2 is 1.06 bits per heavy atom. The number of aromatic nitrogens is 4. The summed E-state index contributed by atoms with van der Waals surface area (Å²) in [6.07, 6.45) is -0.964. The summed E-state index contributed by atoms with van der Waals surface area (Å²) in [7, 11) is -13.5. The second kappa shape index (κ2) is 18.3. The van der Waals surface area contributed by atoms with Crippen molar-refractivity contribution in [3.8, 4) is 5.75 Å². The molecule has 10 rings (SSSR count). The zero-order chi connectivity index (χ0) is 48.1. The Bertz CT molecular complexity index is 3650. The van der Waals surface area contributed by atoms with Gasteiger partial charge in [0.25, 0.3) is 10.0 Å². The Hall–Kier alpha value is -6.73. The molecular formula is C55H47N4O6P3S. The number of pyridine rings is 2. The third kappa shape index (κ3) is 7.79. The van der Waals surface area contributed by atoms with Crippen molar-refractivity contribution >= 4 is 109 Å². The van der Waals surface area contributed by atoms with E-state index >= 15 is 22.3 Å². The van der Waals surface area contributed by atoms with Crippen molar-refractivity contribution in [2.45, 2.75) is 43.9 Å². The Kier molecular flexibility index (Phi) is 12.2. The second-order valence-electron chi connectivity index (χ2n) is 17.2. The molecule has 6 aromatic carbocycles. The minimum Gasteiger partial charge on any atom is -0.410 e. The lowest BCUT2D eigenvalue weighted by Crippen LogP contribution is -2.31. The number of carbonyl (C=O) groups excluding carboxylic acids is 1. The summed E-state index contributed by atoms with van der Waals surface area (Å²) in [5, 5.41) is 4.05. The van der Waals surface area contributed by atoms with Crippen LogP contribution in [0.1, 0.15) is 27.7 Å². The van der Waals surface area contributed by atoms with Crippen molar-refractivity contribution in [3.63, 3.8) is 0 Å². The molecule has 0 radical (unpaired) electrons. The Morgan fingerprint density at radius 1 is 0.580 bits per heavy atom. The van der Waals surface area contributed by atoms with Crippen LogP contribution in [0, 0.1) is 0 Å². The highest BCUT2D eigenvalue weighted by atomic mass is 32.2. The van der Waals surface area contributed by atoms with E-state index in [-0.39, 0.29) is 55.1 Å². The topological polar surface area (TPSA) is 130 Å². The van der Waals surface area contributed by atoms with Gasteiger partial charge in [-0.15, -0.1) is 0 Å². The van der Waals surface area contributed by atoms with Crippen molar-refractivity contribution < 1.29 is 27.1 Å². The summed E-state index contributed by atoms with van der Waals surface area (Å²) >= 11 is 0. The average molecular weight is 985 g/mol. The molecule has 0 bridgehead atoms. The van der Waals surface area contributed by atoms with E-state index < -0.39 is 38.3 Å². The van der Waals surface area contributed by atoms with Gasteiger partial charge in [0.15, 0.2) is 18.4 Å². The van der Waals surface area contributed by atoms with Crippen molar-refractivity contribution in [1.29, 1.82) is 0 Å². The van der Waals surface area contributed by atoms with Gasteiger partial charge in [-0.05, 0) is 53.1 Å². The van der Waals surface area contributed by atoms with Gasteiger partial charge in [0, 0.05) is 51.3 Å². The summed E-state index contributed by atoms with van der Waals surface area (Å²) in [4.78, 5) is 25.7. The number of hydrogen-bond donors (Lipinski definition) is 0. The first-order valence-electron chi connectivity index (χ1n) is 22.6. The molecule has 0 aliphatic carbocycles. The molecule has 0 aliphatic rings. The maximum atomic E-state index is 17.2. The van der Waals surface area contributed by atoms with Crippen LogP contribution in [0.25, 0.3) is 33.1 Å². The summed E-state index contributed by atoms with van der Waals surface area (Å²) < 4.78 is 72.4. The highest BCUT2D eigenvalue weighted by Crippen LogP contribution is 2.54. The smallest absolute Gasteiger partial charge is 0.410 e. The number of para-hydroxylation sites is 1. The van der Waals surface area contributed by atoms with E-state index in [0.717, 1.165) is 19.1 Å². The lowest BCUT2D eigenvalue weighted by molar-refractivity contribution is 0.204. The highest BCUT2D eigenvalue weighted by Gasteiger charge is 2.41. The molecule has 10 aromatic rings. The summed E-state index contributed by atoms with van der Waals surface area (Å²) in [6, 6.07) is 59.9. The SMILES string of the molecule is CC(C)P(=O)(c1ccc2c3c4c(P(=O)(c5ccccc5)c5ccccc5)cc(P(c5ccccc5)c5ccccc5)nc4n(S(=O)(=O)c4ccccc4)c3n(C(=O)Oc3ccccc3)c2n1)C(C)C. The first-order chi connectivity index (χ1) is 33.3. The molecule has 0 amide bonds. The molecule has 344 valence electrons. The van der Waals surface area contributed by atoms with E-state index in [1.807, 2.05) is 155 Å². The van der Waals surface area contributed by atoms with Crippen molar-refractivity contribution in [3.05, 3.63) is 200 Å². The van der Waals surface area contributed by atoms with Crippen LogP contribution in [0.2, 0.25) is 0 Å². The van der Waals surface area contributed by atoms with Gasteiger partial charge in [-0.25, -0.2) is 27.7 Å². The summed E-state index contributed by atoms with van der Waals surface area (Å²) in [5.41, 5.74) is 0.00695. The molecule has 0 N–H and O–H groups in total.